The molecule has 1 saturated heterocycles. The van der Waals surface area contributed by atoms with Gasteiger partial charge in [0.25, 0.3) is 0 Å². The van der Waals surface area contributed by atoms with Gasteiger partial charge in [-0.15, -0.1) is 0 Å². The van der Waals surface area contributed by atoms with Crippen LogP contribution in [0.2, 0.25) is 0 Å². The lowest BCUT2D eigenvalue weighted by molar-refractivity contribution is 0.149. The van der Waals surface area contributed by atoms with E-state index < -0.39 is 5.67 Å². The van der Waals surface area contributed by atoms with E-state index in [-0.39, 0.29) is 0 Å². The lowest BCUT2D eigenvalue weighted by atomic mass is 9.91. The Labute approximate surface area is 174 Å². The molecule has 1 aromatic heterocycles. The van der Waals surface area contributed by atoms with E-state index in [1.54, 1.807) is 6.92 Å². The Morgan fingerprint density at radius 2 is 2.03 bits per heavy atom. The van der Waals surface area contributed by atoms with Gasteiger partial charge < -0.3 is 10.2 Å². The van der Waals surface area contributed by atoms with Crippen LogP contribution in [0.25, 0.3) is 0 Å². The maximum atomic E-state index is 14.3. The lowest BCUT2D eigenvalue weighted by Crippen LogP contribution is -2.45. The highest BCUT2D eigenvalue weighted by Crippen LogP contribution is 2.33. The van der Waals surface area contributed by atoms with Gasteiger partial charge in [-0.25, -0.2) is 4.39 Å². The van der Waals surface area contributed by atoms with Crippen LogP contribution in [-0.4, -0.2) is 48.3 Å². The molecule has 2 aliphatic rings. The standard InChI is InChI=1S/C24H33FN4/c1-18-6-5-11-26-22(18)17-28(3)16-20-14-21-19(15-27-20)7-4-8-23(21)29-12-9-24(2,25)10-13-29/h4-8,11,20,27H,9-10,12-17H2,1-3H3/t20-/m1/s1. The minimum atomic E-state index is -1.01. The van der Waals surface area contributed by atoms with Gasteiger partial charge in [0.15, 0.2) is 0 Å². The Hall–Kier alpha value is -1.98. The van der Waals surface area contributed by atoms with Gasteiger partial charge in [0.1, 0.15) is 5.67 Å². The van der Waals surface area contributed by atoms with E-state index in [9.17, 15) is 4.39 Å². The second-order valence-electron chi connectivity index (χ2n) is 9.06. The van der Waals surface area contributed by atoms with Gasteiger partial charge in [0, 0.05) is 50.6 Å². The Morgan fingerprint density at radius 1 is 1.24 bits per heavy atom. The molecule has 1 N–H and O–H groups in total. The number of nitrogens with zero attached hydrogens (tertiary/aromatic N) is 3. The number of likely N-dealkylation sites (N-methyl/N-ethyl adjacent to an activating group) is 1. The summed E-state index contributed by atoms with van der Waals surface area (Å²) in [5, 5.41) is 3.71. The molecule has 0 aliphatic carbocycles. The highest BCUT2D eigenvalue weighted by Gasteiger charge is 2.31. The van der Waals surface area contributed by atoms with E-state index in [1.807, 2.05) is 12.3 Å². The van der Waals surface area contributed by atoms with E-state index in [1.165, 1.54) is 22.4 Å². The summed E-state index contributed by atoms with van der Waals surface area (Å²) in [6.07, 6.45) is 4.12. The van der Waals surface area contributed by atoms with Crippen LogP contribution in [0.3, 0.4) is 0 Å². The average Bonchev–Trinajstić information content (AvgIpc) is 2.69. The molecular formula is C24H33FN4. The Balaban J connectivity index is 1.43. The molecule has 0 amide bonds. The molecule has 4 rings (SSSR count). The number of hydrogen-bond donors (Lipinski definition) is 1. The van der Waals surface area contributed by atoms with Crippen molar-refractivity contribution in [2.24, 2.45) is 0 Å². The summed E-state index contributed by atoms with van der Waals surface area (Å²) in [7, 11) is 2.17. The first-order valence-electron chi connectivity index (χ1n) is 10.8. The van der Waals surface area contributed by atoms with Crippen molar-refractivity contribution in [1.82, 2.24) is 15.2 Å². The molecule has 4 nitrogen and oxygen atoms in total. The molecule has 3 heterocycles. The van der Waals surface area contributed by atoms with Crippen LogP contribution in [0.4, 0.5) is 10.1 Å². The number of alkyl halides is 1. The fourth-order valence-electron chi connectivity index (χ4n) is 4.61. The first kappa shape index (κ1) is 20.3. The molecule has 2 aliphatic heterocycles. The summed E-state index contributed by atoms with van der Waals surface area (Å²) in [6, 6.07) is 11.1. The number of fused-ring (bicyclic) bond motifs is 1. The maximum Gasteiger partial charge on any atom is 0.111 e. The third kappa shape index (κ3) is 4.78. The molecule has 0 unspecified atom stereocenters. The zero-order valence-corrected chi connectivity index (χ0v) is 17.9. The average molecular weight is 397 g/mol. The molecule has 0 saturated carbocycles. The predicted octanol–water partition coefficient (Wildman–Crippen LogP) is 3.86. The SMILES string of the molecule is Cc1cccnc1CN(C)C[C@H]1Cc2c(cccc2N2CCC(C)(F)CC2)CN1. The second kappa shape index (κ2) is 8.41. The third-order valence-electron chi connectivity index (χ3n) is 6.50. The van der Waals surface area contributed by atoms with E-state index in [0.29, 0.717) is 18.9 Å². The number of aryl methyl sites for hydroxylation is 1. The summed E-state index contributed by atoms with van der Waals surface area (Å²) in [4.78, 5) is 9.28. The normalized spacial score (nSPS) is 21.3. The Kier molecular flexibility index (Phi) is 5.88. The maximum absolute atomic E-state index is 14.3. The van der Waals surface area contributed by atoms with Crippen molar-refractivity contribution in [2.45, 2.75) is 57.9 Å². The van der Waals surface area contributed by atoms with Crippen LogP contribution in [-0.2, 0) is 19.5 Å². The number of hydrogen-bond acceptors (Lipinski definition) is 4. The highest BCUT2D eigenvalue weighted by atomic mass is 19.1. The van der Waals surface area contributed by atoms with E-state index in [2.05, 4.69) is 58.3 Å². The van der Waals surface area contributed by atoms with E-state index in [0.717, 1.165) is 44.8 Å². The minimum Gasteiger partial charge on any atom is -0.371 e. The van der Waals surface area contributed by atoms with Gasteiger partial charge in [-0.05, 0) is 69.0 Å². The second-order valence-corrected chi connectivity index (χ2v) is 9.06. The van der Waals surface area contributed by atoms with Gasteiger partial charge >= 0.3 is 0 Å². The fraction of sp³-hybridized carbons (Fsp3) is 0.542. The summed E-state index contributed by atoms with van der Waals surface area (Å²) in [5.41, 5.74) is 5.52. The molecule has 29 heavy (non-hydrogen) atoms. The van der Waals surface area contributed by atoms with Crippen molar-refractivity contribution in [3.63, 3.8) is 0 Å². The molecule has 0 spiro atoms. The van der Waals surface area contributed by atoms with Crippen molar-refractivity contribution < 1.29 is 4.39 Å². The predicted molar refractivity (Wildman–Crippen MR) is 117 cm³/mol. The van der Waals surface area contributed by atoms with Crippen LogP contribution in [0.1, 0.15) is 42.1 Å². The van der Waals surface area contributed by atoms with Crippen molar-refractivity contribution >= 4 is 5.69 Å². The highest BCUT2D eigenvalue weighted by molar-refractivity contribution is 5.58. The number of rotatable bonds is 5. The van der Waals surface area contributed by atoms with Crippen molar-refractivity contribution in [3.8, 4) is 0 Å². The molecule has 156 valence electrons. The minimum absolute atomic E-state index is 0.411. The quantitative estimate of drug-likeness (QED) is 0.832. The number of pyridine rings is 1. The van der Waals surface area contributed by atoms with E-state index in [4.69, 9.17) is 0 Å². The zero-order valence-electron chi connectivity index (χ0n) is 17.9. The van der Waals surface area contributed by atoms with E-state index >= 15 is 0 Å². The third-order valence-corrected chi connectivity index (χ3v) is 6.50. The first-order chi connectivity index (χ1) is 13.9. The monoisotopic (exact) mass is 396 g/mol. The van der Waals surface area contributed by atoms with Crippen LogP contribution in [0.15, 0.2) is 36.5 Å². The zero-order chi connectivity index (χ0) is 20.4. The van der Waals surface area contributed by atoms with Gasteiger partial charge in [0.2, 0.25) is 0 Å². The molecule has 1 aromatic carbocycles. The van der Waals surface area contributed by atoms with Crippen LogP contribution in [0, 0.1) is 6.92 Å². The number of aromatic nitrogens is 1. The molecule has 0 radical (unpaired) electrons. The number of halogens is 1. The Morgan fingerprint density at radius 3 is 2.79 bits per heavy atom. The number of nitrogens with one attached hydrogen (secondary N) is 1. The molecule has 2 aromatic rings. The van der Waals surface area contributed by atoms with Gasteiger partial charge in [-0.3, -0.25) is 9.88 Å². The van der Waals surface area contributed by atoms with Gasteiger partial charge in [-0.2, -0.15) is 0 Å². The van der Waals surface area contributed by atoms with Crippen LogP contribution < -0.4 is 10.2 Å². The number of benzene rings is 1. The smallest absolute Gasteiger partial charge is 0.111 e. The van der Waals surface area contributed by atoms with Gasteiger partial charge in [-0.1, -0.05) is 18.2 Å². The number of piperidine rings is 1. The van der Waals surface area contributed by atoms with Crippen LogP contribution in [0.5, 0.6) is 0 Å². The molecule has 0 bridgehead atoms. The van der Waals surface area contributed by atoms with Crippen molar-refractivity contribution in [3.05, 3.63) is 58.9 Å². The largest absolute Gasteiger partial charge is 0.371 e. The molecular weight excluding hydrogens is 363 g/mol. The molecule has 1 atom stereocenters. The van der Waals surface area contributed by atoms with Gasteiger partial charge in [0.05, 0.1) is 5.69 Å². The lowest BCUT2D eigenvalue weighted by Gasteiger charge is -2.39. The molecule has 5 heteroatoms. The molecule has 1 fully saturated rings. The summed E-state index contributed by atoms with van der Waals surface area (Å²) in [5.74, 6) is 0. The van der Waals surface area contributed by atoms with Crippen molar-refractivity contribution in [1.29, 1.82) is 0 Å². The summed E-state index contributed by atoms with van der Waals surface area (Å²) in [6.45, 7) is 8.22. The fourth-order valence-corrected chi connectivity index (χ4v) is 4.61. The van der Waals surface area contributed by atoms with Crippen LogP contribution >= 0.6 is 0 Å². The number of anilines is 1. The summed E-state index contributed by atoms with van der Waals surface area (Å²) < 4.78 is 14.3. The Bertz CT molecular complexity index is 841. The summed E-state index contributed by atoms with van der Waals surface area (Å²) >= 11 is 0. The first-order valence-corrected chi connectivity index (χ1v) is 10.8. The topological polar surface area (TPSA) is 31.4 Å². The van der Waals surface area contributed by atoms with Crippen molar-refractivity contribution in [2.75, 3.05) is 31.6 Å².